The fourth-order valence-corrected chi connectivity index (χ4v) is 5.47. The maximum atomic E-state index is 11.9. The maximum Gasteiger partial charge on any atom is 0.219 e. The number of ether oxygens (including phenoxy) is 1. The van der Waals surface area contributed by atoms with Crippen LogP contribution in [0.2, 0.25) is 0 Å². The third-order valence-electron chi connectivity index (χ3n) is 7.17. The van der Waals surface area contributed by atoms with E-state index in [1.165, 1.54) is 0 Å². The third-order valence-corrected chi connectivity index (χ3v) is 7.17. The van der Waals surface area contributed by atoms with E-state index in [1.54, 1.807) is 6.92 Å². The average molecular weight is 458 g/mol. The summed E-state index contributed by atoms with van der Waals surface area (Å²) in [5, 5.41) is 4.16. The molecule has 34 heavy (non-hydrogen) atoms. The second-order valence-corrected chi connectivity index (χ2v) is 9.21. The van der Waals surface area contributed by atoms with Crippen LogP contribution in [-0.2, 0) is 4.79 Å². The highest BCUT2D eigenvalue weighted by Crippen LogP contribution is 2.46. The number of likely N-dealkylation sites (tertiary alicyclic amines) is 1. The summed E-state index contributed by atoms with van der Waals surface area (Å²) in [4.78, 5) is 23.6. The minimum absolute atomic E-state index is 0.0699. The number of nitrogens with zero attached hydrogens (tertiary/aromatic N) is 5. The smallest absolute Gasteiger partial charge is 0.219 e. The van der Waals surface area contributed by atoms with E-state index in [2.05, 4.69) is 26.8 Å². The van der Waals surface area contributed by atoms with Gasteiger partial charge in [-0.05, 0) is 51.0 Å². The van der Waals surface area contributed by atoms with E-state index < -0.39 is 0 Å². The lowest BCUT2D eigenvalue weighted by molar-refractivity contribution is -0.129. The molecule has 3 aromatic heterocycles. The van der Waals surface area contributed by atoms with E-state index in [0.29, 0.717) is 6.61 Å². The van der Waals surface area contributed by atoms with Crippen molar-refractivity contribution in [1.29, 1.82) is 0 Å². The topological polar surface area (TPSA) is 86.3 Å². The van der Waals surface area contributed by atoms with Gasteiger partial charge in [0.2, 0.25) is 5.91 Å². The van der Waals surface area contributed by atoms with Crippen molar-refractivity contribution >= 4 is 16.9 Å². The van der Waals surface area contributed by atoms with Gasteiger partial charge < -0.3 is 18.7 Å². The van der Waals surface area contributed by atoms with Crippen molar-refractivity contribution in [2.45, 2.75) is 45.6 Å². The van der Waals surface area contributed by atoms with Gasteiger partial charge in [-0.3, -0.25) is 9.78 Å². The Morgan fingerprint density at radius 3 is 2.62 bits per heavy atom. The molecule has 2 aliphatic rings. The number of hydrogen-bond donors (Lipinski definition) is 0. The standard InChI is InChI=1S/C26H27N5O3/c1-15-23(16(2)34-29-15)19-7-8-21-24-25(19)33-14-22(20-6-4-5-11-27-20)31(24)26(28-21)18-9-12-30(13-10-18)17(3)32/h4-8,11,18,22H,9-10,12-14H2,1-3H3. The van der Waals surface area contributed by atoms with Crippen LogP contribution in [0.1, 0.15) is 54.7 Å². The molecule has 2 aliphatic heterocycles. The number of hydrogen-bond acceptors (Lipinski definition) is 6. The fourth-order valence-electron chi connectivity index (χ4n) is 5.47. The lowest BCUT2D eigenvalue weighted by atomic mass is 9.95. The highest BCUT2D eigenvalue weighted by atomic mass is 16.5. The summed E-state index contributed by atoms with van der Waals surface area (Å²) in [6, 6.07) is 10.0. The molecule has 8 heteroatoms. The summed E-state index contributed by atoms with van der Waals surface area (Å²) >= 11 is 0. The Balaban J connectivity index is 1.54. The number of carbonyl (C=O) groups excluding carboxylic acids is 1. The van der Waals surface area contributed by atoms with Crippen LogP contribution in [0.5, 0.6) is 5.75 Å². The van der Waals surface area contributed by atoms with E-state index in [-0.39, 0.29) is 17.9 Å². The molecule has 0 saturated carbocycles. The van der Waals surface area contributed by atoms with Gasteiger partial charge in [-0.1, -0.05) is 11.2 Å². The minimum atomic E-state index is -0.0699. The van der Waals surface area contributed by atoms with Crippen LogP contribution in [0.3, 0.4) is 0 Å². The lowest BCUT2D eigenvalue weighted by Crippen LogP contribution is -2.37. The quantitative estimate of drug-likeness (QED) is 0.453. The molecular weight excluding hydrogens is 430 g/mol. The van der Waals surface area contributed by atoms with Crippen molar-refractivity contribution in [3.63, 3.8) is 0 Å². The van der Waals surface area contributed by atoms with Crippen LogP contribution in [0.4, 0.5) is 0 Å². The molecule has 0 N–H and O–H groups in total. The number of benzene rings is 1. The monoisotopic (exact) mass is 457 g/mol. The zero-order chi connectivity index (χ0) is 23.4. The van der Waals surface area contributed by atoms with Gasteiger partial charge in [0, 0.05) is 37.7 Å². The van der Waals surface area contributed by atoms with Crippen molar-refractivity contribution in [1.82, 2.24) is 24.6 Å². The van der Waals surface area contributed by atoms with Crippen LogP contribution in [0, 0.1) is 13.8 Å². The molecule has 1 amide bonds. The molecule has 8 nitrogen and oxygen atoms in total. The van der Waals surface area contributed by atoms with Crippen LogP contribution in [0.15, 0.2) is 41.1 Å². The average Bonchev–Trinajstić information content (AvgIpc) is 3.41. The van der Waals surface area contributed by atoms with E-state index in [1.807, 2.05) is 43.1 Å². The Hall–Kier alpha value is -3.68. The van der Waals surface area contributed by atoms with Gasteiger partial charge in [-0.15, -0.1) is 0 Å². The Morgan fingerprint density at radius 1 is 1.12 bits per heavy atom. The Morgan fingerprint density at radius 2 is 1.94 bits per heavy atom. The molecule has 0 radical (unpaired) electrons. The summed E-state index contributed by atoms with van der Waals surface area (Å²) in [7, 11) is 0. The number of pyridine rings is 1. The first-order chi connectivity index (χ1) is 16.5. The summed E-state index contributed by atoms with van der Waals surface area (Å²) in [6.07, 6.45) is 3.61. The van der Waals surface area contributed by atoms with Crippen LogP contribution in [0.25, 0.3) is 22.2 Å². The largest absolute Gasteiger partial charge is 0.488 e. The second kappa shape index (κ2) is 7.97. The highest BCUT2D eigenvalue weighted by Gasteiger charge is 2.35. The molecule has 6 rings (SSSR count). The number of amides is 1. The number of aromatic nitrogens is 4. The summed E-state index contributed by atoms with van der Waals surface area (Å²) < 4.78 is 14.3. The molecule has 0 bridgehead atoms. The number of rotatable bonds is 3. The Kier molecular flexibility index (Phi) is 4.90. The first-order valence-corrected chi connectivity index (χ1v) is 11.8. The molecule has 0 aliphatic carbocycles. The van der Waals surface area contributed by atoms with Gasteiger partial charge in [0.25, 0.3) is 0 Å². The van der Waals surface area contributed by atoms with Crippen LogP contribution < -0.4 is 4.74 Å². The lowest BCUT2D eigenvalue weighted by Gasteiger charge is -2.33. The van der Waals surface area contributed by atoms with E-state index in [4.69, 9.17) is 14.2 Å². The molecule has 1 fully saturated rings. The molecule has 4 aromatic rings. The number of carbonyl (C=O) groups is 1. The van der Waals surface area contributed by atoms with Gasteiger partial charge in [0.15, 0.2) is 5.75 Å². The van der Waals surface area contributed by atoms with Crippen LogP contribution >= 0.6 is 0 Å². The molecule has 1 saturated heterocycles. The number of imidazole rings is 1. The normalized spacial score (nSPS) is 18.3. The van der Waals surface area contributed by atoms with Gasteiger partial charge in [-0.2, -0.15) is 0 Å². The highest BCUT2D eigenvalue weighted by molar-refractivity contribution is 5.93. The zero-order valence-electron chi connectivity index (χ0n) is 19.6. The summed E-state index contributed by atoms with van der Waals surface area (Å²) in [5.74, 6) is 3.04. The van der Waals surface area contributed by atoms with Crippen molar-refractivity contribution in [2.24, 2.45) is 0 Å². The maximum absolute atomic E-state index is 11.9. The van der Waals surface area contributed by atoms with Gasteiger partial charge in [0.05, 0.1) is 22.5 Å². The predicted molar refractivity (Wildman–Crippen MR) is 127 cm³/mol. The number of piperidine rings is 1. The number of aryl methyl sites for hydroxylation is 2. The van der Waals surface area contributed by atoms with Crippen LogP contribution in [-0.4, -0.2) is 50.2 Å². The Labute approximate surface area is 197 Å². The van der Waals surface area contributed by atoms with Gasteiger partial charge >= 0.3 is 0 Å². The molecule has 1 unspecified atom stereocenters. The third kappa shape index (κ3) is 3.20. The molecule has 174 valence electrons. The van der Waals surface area contributed by atoms with Crippen molar-refractivity contribution in [2.75, 3.05) is 19.7 Å². The molecule has 1 atom stereocenters. The minimum Gasteiger partial charge on any atom is -0.488 e. The van der Waals surface area contributed by atoms with Gasteiger partial charge in [0.1, 0.15) is 29.8 Å². The fraction of sp³-hybridized carbons (Fsp3) is 0.385. The van der Waals surface area contributed by atoms with E-state index in [9.17, 15) is 4.79 Å². The molecule has 5 heterocycles. The Bertz CT molecular complexity index is 1360. The van der Waals surface area contributed by atoms with E-state index >= 15 is 0 Å². The van der Waals surface area contributed by atoms with Crippen molar-refractivity contribution < 1.29 is 14.1 Å². The summed E-state index contributed by atoms with van der Waals surface area (Å²) in [6.45, 7) is 7.50. The first-order valence-electron chi connectivity index (χ1n) is 11.8. The van der Waals surface area contributed by atoms with Crippen molar-refractivity contribution in [3.8, 4) is 16.9 Å². The zero-order valence-corrected chi connectivity index (χ0v) is 19.6. The predicted octanol–water partition coefficient (Wildman–Crippen LogP) is 4.41. The van der Waals surface area contributed by atoms with E-state index in [0.717, 1.165) is 76.8 Å². The molecule has 0 spiro atoms. The van der Waals surface area contributed by atoms with Gasteiger partial charge in [-0.25, -0.2) is 4.98 Å². The summed E-state index contributed by atoms with van der Waals surface area (Å²) in [5.41, 5.74) is 5.64. The molecule has 1 aromatic carbocycles. The molecular formula is C26H27N5O3. The SMILES string of the molecule is CC(=O)N1CCC(c2nc3ccc(-c4c(C)noc4C)c4c3n2C(c2ccccn2)CO4)CC1. The first kappa shape index (κ1) is 20.9. The second-order valence-electron chi connectivity index (χ2n) is 9.21. The van der Waals surface area contributed by atoms with Crippen molar-refractivity contribution in [3.05, 3.63) is 59.5 Å².